The largest absolute Gasteiger partial charge is 0.345 e. The van der Waals surface area contributed by atoms with Crippen molar-refractivity contribution in [1.29, 1.82) is 0 Å². The average Bonchev–Trinajstić information content (AvgIpc) is 2.96. The van der Waals surface area contributed by atoms with E-state index >= 15 is 0 Å². The summed E-state index contributed by atoms with van der Waals surface area (Å²) in [6.45, 7) is 8.46. The summed E-state index contributed by atoms with van der Waals surface area (Å²) in [4.78, 5) is 16.6. The highest BCUT2D eigenvalue weighted by Crippen LogP contribution is 2.26. The van der Waals surface area contributed by atoms with E-state index in [2.05, 4.69) is 40.7 Å². The van der Waals surface area contributed by atoms with Gasteiger partial charge < -0.3 is 9.88 Å². The first-order chi connectivity index (χ1) is 12.6. The SMILES string of the molecule is C=C(C)C(=O)NCc1nc(C)c(-c2ccccc2)n1Cc1ccccc1. The molecule has 1 N–H and O–H groups in total. The highest BCUT2D eigenvalue weighted by molar-refractivity contribution is 5.91. The van der Waals surface area contributed by atoms with Crippen LogP contribution in [0.25, 0.3) is 11.3 Å². The Morgan fingerprint density at radius 2 is 1.69 bits per heavy atom. The van der Waals surface area contributed by atoms with E-state index in [0.717, 1.165) is 22.8 Å². The molecule has 0 atom stereocenters. The summed E-state index contributed by atoms with van der Waals surface area (Å²) >= 11 is 0. The lowest BCUT2D eigenvalue weighted by molar-refractivity contribution is -0.117. The Morgan fingerprint density at radius 3 is 2.31 bits per heavy atom. The molecule has 26 heavy (non-hydrogen) atoms. The molecule has 0 fully saturated rings. The third-order valence-electron chi connectivity index (χ3n) is 4.25. The Kier molecular flexibility index (Phi) is 5.32. The van der Waals surface area contributed by atoms with Gasteiger partial charge in [-0.05, 0) is 19.4 Å². The van der Waals surface area contributed by atoms with Gasteiger partial charge in [0.2, 0.25) is 5.91 Å². The van der Waals surface area contributed by atoms with Crippen LogP contribution in [-0.4, -0.2) is 15.5 Å². The number of rotatable bonds is 6. The summed E-state index contributed by atoms with van der Waals surface area (Å²) in [5, 5.41) is 2.89. The lowest BCUT2D eigenvalue weighted by Gasteiger charge is -2.13. The Morgan fingerprint density at radius 1 is 1.08 bits per heavy atom. The van der Waals surface area contributed by atoms with Crippen molar-refractivity contribution in [1.82, 2.24) is 14.9 Å². The molecule has 0 aliphatic rings. The minimum atomic E-state index is -0.154. The topological polar surface area (TPSA) is 46.9 Å². The van der Waals surface area contributed by atoms with Crippen LogP contribution in [0.15, 0.2) is 72.8 Å². The van der Waals surface area contributed by atoms with Crippen molar-refractivity contribution in [2.24, 2.45) is 0 Å². The normalized spacial score (nSPS) is 10.5. The zero-order valence-corrected chi connectivity index (χ0v) is 15.2. The average molecular weight is 345 g/mol. The van der Waals surface area contributed by atoms with E-state index in [4.69, 9.17) is 4.98 Å². The van der Waals surface area contributed by atoms with Crippen molar-refractivity contribution in [3.63, 3.8) is 0 Å². The van der Waals surface area contributed by atoms with Crippen LogP contribution in [0.1, 0.15) is 24.0 Å². The number of carbonyl (C=O) groups excluding carboxylic acids is 1. The van der Waals surface area contributed by atoms with Gasteiger partial charge in [-0.1, -0.05) is 67.2 Å². The van der Waals surface area contributed by atoms with E-state index in [0.29, 0.717) is 18.7 Å². The van der Waals surface area contributed by atoms with Crippen LogP contribution < -0.4 is 5.32 Å². The Bertz CT molecular complexity index is 911. The predicted octanol–water partition coefficient (Wildman–Crippen LogP) is 4.10. The molecular formula is C22H23N3O. The summed E-state index contributed by atoms with van der Waals surface area (Å²) in [5.74, 6) is 0.679. The Hall–Kier alpha value is -3.14. The first-order valence-electron chi connectivity index (χ1n) is 8.65. The van der Waals surface area contributed by atoms with E-state index in [1.165, 1.54) is 5.56 Å². The number of hydrogen-bond acceptors (Lipinski definition) is 2. The number of benzene rings is 2. The standard InChI is InChI=1S/C22H23N3O/c1-16(2)22(26)23-14-20-24-17(3)21(19-12-8-5-9-13-19)25(20)15-18-10-6-4-7-11-18/h4-13H,1,14-15H2,2-3H3,(H,23,26). The van der Waals surface area contributed by atoms with Crippen LogP contribution in [-0.2, 0) is 17.9 Å². The van der Waals surface area contributed by atoms with Crippen molar-refractivity contribution in [2.75, 3.05) is 0 Å². The molecule has 0 spiro atoms. The molecule has 3 aromatic rings. The lowest BCUT2D eigenvalue weighted by atomic mass is 10.1. The molecule has 4 heteroatoms. The van der Waals surface area contributed by atoms with Crippen LogP contribution in [0.5, 0.6) is 0 Å². The smallest absolute Gasteiger partial charge is 0.246 e. The maximum atomic E-state index is 11.9. The number of nitrogens with one attached hydrogen (secondary N) is 1. The maximum absolute atomic E-state index is 11.9. The van der Waals surface area contributed by atoms with Gasteiger partial charge in [-0.25, -0.2) is 4.98 Å². The zero-order chi connectivity index (χ0) is 18.5. The number of nitrogens with zero attached hydrogens (tertiary/aromatic N) is 2. The molecule has 0 aliphatic heterocycles. The van der Waals surface area contributed by atoms with E-state index in [1.807, 2.05) is 43.3 Å². The van der Waals surface area contributed by atoms with Crippen molar-refractivity contribution in [3.05, 3.63) is 89.9 Å². The number of aryl methyl sites for hydroxylation is 1. The third kappa shape index (κ3) is 3.91. The molecule has 1 heterocycles. The van der Waals surface area contributed by atoms with Crippen LogP contribution in [0, 0.1) is 6.92 Å². The van der Waals surface area contributed by atoms with Gasteiger partial charge in [-0.15, -0.1) is 0 Å². The molecule has 0 saturated heterocycles. The molecule has 0 saturated carbocycles. The summed E-state index contributed by atoms with van der Waals surface area (Å²) in [6.07, 6.45) is 0. The Balaban J connectivity index is 2.01. The van der Waals surface area contributed by atoms with Gasteiger partial charge >= 0.3 is 0 Å². The predicted molar refractivity (Wildman–Crippen MR) is 105 cm³/mol. The van der Waals surface area contributed by atoms with Crippen molar-refractivity contribution >= 4 is 5.91 Å². The third-order valence-corrected chi connectivity index (χ3v) is 4.25. The van der Waals surface area contributed by atoms with E-state index in [9.17, 15) is 4.79 Å². The second kappa shape index (κ2) is 7.83. The summed E-state index contributed by atoms with van der Waals surface area (Å²) < 4.78 is 2.18. The van der Waals surface area contributed by atoms with Crippen LogP contribution in [0.4, 0.5) is 0 Å². The first-order valence-corrected chi connectivity index (χ1v) is 8.65. The number of amides is 1. The number of carbonyl (C=O) groups is 1. The van der Waals surface area contributed by atoms with E-state index in [1.54, 1.807) is 6.92 Å². The van der Waals surface area contributed by atoms with Crippen LogP contribution in [0.2, 0.25) is 0 Å². The number of hydrogen-bond donors (Lipinski definition) is 1. The van der Waals surface area contributed by atoms with Gasteiger partial charge in [0.15, 0.2) is 0 Å². The highest BCUT2D eigenvalue weighted by atomic mass is 16.1. The molecule has 2 aromatic carbocycles. The molecule has 1 amide bonds. The molecular weight excluding hydrogens is 322 g/mol. The summed E-state index contributed by atoms with van der Waals surface area (Å²) in [6, 6.07) is 20.5. The number of imidazole rings is 1. The van der Waals surface area contributed by atoms with Crippen LogP contribution >= 0.6 is 0 Å². The van der Waals surface area contributed by atoms with Gasteiger partial charge in [0.1, 0.15) is 5.82 Å². The fourth-order valence-corrected chi connectivity index (χ4v) is 2.97. The van der Waals surface area contributed by atoms with Crippen molar-refractivity contribution < 1.29 is 4.79 Å². The van der Waals surface area contributed by atoms with Gasteiger partial charge in [-0.2, -0.15) is 0 Å². The fourth-order valence-electron chi connectivity index (χ4n) is 2.97. The minimum absolute atomic E-state index is 0.154. The molecule has 0 bridgehead atoms. The molecule has 4 nitrogen and oxygen atoms in total. The monoisotopic (exact) mass is 345 g/mol. The van der Waals surface area contributed by atoms with Gasteiger partial charge in [0.05, 0.1) is 17.9 Å². The highest BCUT2D eigenvalue weighted by Gasteiger charge is 2.17. The van der Waals surface area contributed by atoms with E-state index in [-0.39, 0.29) is 5.91 Å². The summed E-state index contributed by atoms with van der Waals surface area (Å²) in [5.41, 5.74) is 4.83. The quantitative estimate of drug-likeness (QED) is 0.684. The molecule has 0 aliphatic carbocycles. The van der Waals surface area contributed by atoms with Crippen molar-refractivity contribution in [2.45, 2.75) is 26.9 Å². The Labute approximate surface area is 154 Å². The molecule has 1 aromatic heterocycles. The molecule has 0 radical (unpaired) electrons. The van der Waals surface area contributed by atoms with Gasteiger partial charge in [0.25, 0.3) is 0 Å². The van der Waals surface area contributed by atoms with Gasteiger partial charge in [0, 0.05) is 17.7 Å². The van der Waals surface area contributed by atoms with Crippen LogP contribution in [0.3, 0.4) is 0 Å². The second-order valence-electron chi connectivity index (χ2n) is 6.36. The second-order valence-corrected chi connectivity index (χ2v) is 6.36. The molecule has 132 valence electrons. The van der Waals surface area contributed by atoms with E-state index < -0.39 is 0 Å². The first kappa shape index (κ1) is 17.7. The zero-order valence-electron chi connectivity index (χ0n) is 15.2. The lowest BCUT2D eigenvalue weighted by Crippen LogP contribution is -2.25. The fraction of sp³-hybridized carbons (Fsp3) is 0.182. The molecule has 0 unspecified atom stereocenters. The molecule has 3 rings (SSSR count). The minimum Gasteiger partial charge on any atom is -0.345 e. The number of aromatic nitrogens is 2. The van der Waals surface area contributed by atoms with Gasteiger partial charge in [-0.3, -0.25) is 4.79 Å². The summed E-state index contributed by atoms with van der Waals surface area (Å²) in [7, 11) is 0. The maximum Gasteiger partial charge on any atom is 0.246 e. The van der Waals surface area contributed by atoms with Crippen molar-refractivity contribution in [3.8, 4) is 11.3 Å².